The zero-order valence-corrected chi connectivity index (χ0v) is 11.6. The van der Waals surface area contributed by atoms with Crippen LogP contribution in [0.2, 0.25) is 5.02 Å². The number of carbonyl (C=O) groups excluding carboxylic acids is 1. The normalized spacial score (nSPS) is 19.2. The van der Waals surface area contributed by atoms with E-state index < -0.39 is 0 Å². The number of rotatable bonds is 4. The fraction of sp³-hybridized carbons (Fsp3) is 0.400. The topological polar surface area (TPSA) is 29.5 Å². The van der Waals surface area contributed by atoms with Gasteiger partial charge >= 0.3 is 0 Å². The molecule has 1 atom stereocenters. The fourth-order valence-corrected chi connectivity index (χ4v) is 2.44. The maximum Gasteiger partial charge on any atom is 0.226 e. The molecule has 3 nitrogen and oxygen atoms in total. The van der Waals surface area contributed by atoms with Gasteiger partial charge in [0.25, 0.3) is 0 Å². The third-order valence-corrected chi connectivity index (χ3v) is 3.58. The van der Waals surface area contributed by atoms with Crippen LogP contribution in [0.3, 0.4) is 0 Å². The summed E-state index contributed by atoms with van der Waals surface area (Å²) in [7, 11) is 0. The van der Waals surface area contributed by atoms with E-state index in [1.807, 2.05) is 29.2 Å². The number of morpholine rings is 1. The quantitative estimate of drug-likeness (QED) is 0.793. The molecule has 0 radical (unpaired) electrons. The lowest BCUT2D eigenvalue weighted by atomic mass is 10.1. The van der Waals surface area contributed by atoms with Gasteiger partial charge in [0.15, 0.2) is 0 Å². The Morgan fingerprint density at radius 1 is 1.53 bits per heavy atom. The minimum Gasteiger partial charge on any atom is -0.374 e. The minimum absolute atomic E-state index is 0.0161. The van der Waals surface area contributed by atoms with Gasteiger partial charge in [-0.25, -0.2) is 0 Å². The Morgan fingerprint density at radius 2 is 2.32 bits per heavy atom. The molecular weight excluding hydrogens is 262 g/mol. The molecule has 0 bridgehead atoms. The highest BCUT2D eigenvalue weighted by atomic mass is 35.5. The van der Waals surface area contributed by atoms with Crippen molar-refractivity contribution in [3.8, 4) is 0 Å². The Morgan fingerprint density at radius 3 is 3.05 bits per heavy atom. The molecule has 0 spiro atoms. The summed E-state index contributed by atoms with van der Waals surface area (Å²) in [4.78, 5) is 13.7. The number of ether oxygens (including phenoxy) is 1. The first-order valence-corrected chi connectivity index (χ1v) is 6.82. The van der Waals surface area contributed by atoms with Crippen molar-refractivity contribution in [3.63, 3.8) is 0 Å². The van der Waals surface area contributed by atoms with Gasteiger partial charge in [-0.15, -0.1) is 6.58 Å². The van der Waals surface area contributed by atoms with Crippen molar-refractivity contribution in [2.45, 2.75) is 18.9 Å². The van der Waals surface area contributed by atoms with E-state index in [-0.39, 0.29) is 12.0 Å². The number of benzene rings is 1. The van der Waals surface area contributed by atoms with Crippen LogP contribution in [-0.2, 0) is 16.0 Å². The van der Waals surface area contributed by atoms with Gasteiger partial charge in [0, 0.05) is 31.0 Å². The highest BCUT2D eigenvalue weighted by Gasteiger charge is 2.24. The van der Waals surface area contributed by atoms with Crippen molar-refractivity contribution in [2.24, 2.45) is 0 Å². The summed E-state index contributed by atoms with van der Waals surface area (Å²) in [5.41, 5.74) is 1.06. The van der Waals surface area contributed by atoms with Crippen molar-refractivity contribution >= 4 is 17.5 Å². The molecule has 1 aromatic rings. The van der Waals surface area contributed by atoms with Gasteiger partial charge in [-0.05, 0) is 11.6 Å². The van der Waals surface area contributed by atoms with E-state index in [4.69, 9.17) is 16.3 Å². The molecule has 19 heavy (non-hydrogen) atoms. The number of hydrogen-bond donors (Lipinski definition) is 0. The van der Waals surface area contributed by atoms with Crippen molar-refractivity contribution in [3.05, 3.63) is 47.5 Å². The van der Waals surface area contributed by atoms with E-state index in [2.05, 4.69) is 6.58 Å². The molecule has 0 saturated carbocycles. The molecule has 1 fully saturated rings. The SMILES string of the molecule is C=CCC(=O)N1CCOC(Cc2ccccc2Cl)C1. The molecule has 0 aromatic heterocycles. The Labute approximate surface area is 118 Å². The molecule has 102 valence electrons. The van der Waals surface area contributed by atoms with Gasteiger partial charge in [-0.1, -0.05) is 35.9 Å². The molecule has 1 amide bonds. The highest BCUT2D eigenvalue weighted by molar-refractivity contribution is 6.31. The first kappa shape index (κ1) is 14.1. The second kappa shape index (κ2) is 6.73. The lowest BCUT2D eigenvalue weighted by Crippen LogP contribution is -2.46. The second-order valence-electron chi connectivity index (χ2n) is 4.62. The van der Waals surface area contributed by atoms with Crippen molar-refractivity contribution < 1.29 is 9.53 Å². The summed E-state index contributed by atoms with van der Waals surface area (Å²) < 4.78 is 5.72. The van der Waals surface area contributed by atoms with Crippen LogP contribution in [0.1, 0.15) is 12.0 Å². The first-order valence-electron chi connectivity index (χ1n) is 6.44. The van der Waals surface area contributed by atoms with E-state index in [0.717, 1.165) is 17.0 Å². The third kappa shape index (κ3) is 3.82. The van der Waals surface area contributed by atoms with Gasteiger partial charge in [-0.2, -0.15) is 0 Å². The summed E-state index contributed by atoms with van der Waals surface area (Å²) in [6, 6.07) is 7.74. The molecule has 1 aliphatic rings. The van der Waals surface area contributed by atoms with Gasteiger partial charge in [0.2, 0.25) is 5.91 Å². The summed E-state index contributed by atoms with van der Waals surface area (Å²) in [5.74, 6) is 0.113. The molecular formula is C15H18ClNO2. The summed E-state index contributed by atoms with van der Waals surface area (Å²) in [6.07, 6.45) is 2.78. The van der Waals surface area contributed by atoms with Crippen LogP contribution in [-0.4, -0.2) is 36.6 Å². The van der Waals surface area contributed by atoms with Crippen LogP contribution < -0.4 is 0 Å². The van der Waals surface area contributed by atoms with E-state index in [1.165, 1.54) is 0 Å². The summed E-state index contributed by atoms with van der Waals surface area (Å²) in [5, 5.41) is 0.751. The molecule has 2 rings (SSSR count). The van der Waals surface area contributed by atoms with Crippen molar-refractivity contribution in [2.75, 3.05) is 19.7 Å². The van der Waals surface area contributed by atoms with Crippen molar-refractivity contribution in [1.82, 2.24) is 4.90 Å². The zero-order valence-electron chi connectivity index (χ0n) is 10.8. The molecule has 1 aromatic carbocycles. The highest BCUT2D eigenvalue weighted by Crippen LogP contribution is 2.19. The van der Waals surface area contributed by atoms with Crippen LogP contribution in [0.25, 0.3) is 0 Å². The molecule has 1 aliphatic heterocycles. The molecule has 1 heterocycles. The Hall–Kier alpha value is -1.32. The Kier molecular flexibility index (Phi) is 5.00. The maximum absolute atomic E-state index is 11.8. The number of nitrogens with zero attached hydrogens (tertiary/aromatic N) is 1. The summed E-state index contributed by atoms with van der Waals surface area (Å²) in [6.45, 7) is 5.46. The average molecular weight is 280 g/mol. The lowest BCUT2D eigenvalue weighted by Gasteiger charge is -2.33. The maximum atomic E-state index is 11.8. The Balaban J connectivity index is 1.96. The van der Waals surface area contributed by atoms with Crippen LogP contribution in [0, 0.1) is 0 Å². The number of hydrogen-bond acceptors (Lipinski definition) is 2. The molecule has 1 unspecified atom stereocenters. The van der Waals surface area contributed by atoms with Gasteiger partial charge < -0.3 is 9.64 Å². The molecule has 0 aliphatic carbocycles. The van der Waals surface area contributed by atoms with Crippen LogP contribution in [0.4, 0.5) is 0 Å². The predicted octanol–water partition coefficient (Wildman–Crippen LogP) is 2.69. The van der Waals surface area contributed by atoms with Crippen LogP contribution >= 0.6 is 11.6 Å². The molecule has 1 saturated heterocycles. The summed E-state index contributed by atoms with van der Waals surface area (Å²) >= 11 is 6.14. The second-order valence-corrected chi connectivity index (χ2v) is 5.03. The molecule has 4 heteroatoms. The first-order chi connectivity index (χ1) is 9.20. The third-order valence-electron chi connectivity index (χ3n) is 3.22. The average Bonchev–Trinajstić information content (AvgIpc) is 2.42. The van der Waals surface area contributed by atoms with E-state index in [9.17, 15) is 4.79 Å². The van der Waals surface area contributed by atoms with E-state index in [0.29, 0.717) is 26.1 Å². The van der Waals surface area contributed by atoms with E-state index in [1.54, 1.807) is 6.08 Å². The van der Waals surface area contributed by atoms with Gasteiger partial charge in [-0.3, -0.25) is 4.79 Å². The van der Waals surface area contributed by atoms with Crippen LogP contribution in [0.5, 0.6) is 0 Å². The standard InChI is InChI=1S/C15H18ClNO2/c1-2-5-15(18)17-8-9-19-13(11-17)10-12-6-3-4-7-14(12)16/h2-4,6-7,13H,1,5,8-11H2. The number of halogens is 1. The Bertz CT molecular complexity index is 461. The van der Waals surface area contributed by atoms with Crippen LogP contribution in [0.15, 0.2) is 36.9 Å². The lowest BCUT2D eigenvalue weighted by molar-refractivity contribution is -0.137. The van der Waals surface area contributed by atoms with E-state index >= 15 is 0 Å². The van der Waals surface area contributed by atoms with Gasteiger partial charge in [0.05, 0.1) is 12.7 Å². The smallest absolute Gasteiger partial charge is 0.226 e. The zero-order chi connectivity index (χ0) is 13.7. The molecule has 0 N–H and O–H groups in total. The fourth-order valence-electron chi connectivity index (χ4n) is 2.23. The monoisotopic (exact) mass is 279 g/mol. The van der Waals surface area contributed by atoms with Gasteiger partial charge in [0.1, 0.15) is 0 Å². The largest absolute Gasteiger partial charge is 0.374 e. The van der Waals surface area contributed by atoms with Crippen molar-refractivity contribution in [1.29, 1.82) is 0 Å². The minimum atomic E-state index is 0.0161. The number of carbonyl (C=O) groups is 1. The predicted molar refractivity (Wildman–Crippen MR) is 76.3 cm³/mol. The number of amides is 1.